The number of nitro benzene ring substituents is 1. The Bertz CT molecular complexity index is 457. The number of nitrogens with zero attached hydrogens (tertiary/aromatic N) is 1. The predicted molar refractivity (Wildman–Crippen MR) is 66.1 cm³/mol. The summed E-state index contributed by atoms with van der Waals surface area (Å²) in [5.41, 5.74) is 0.600. The molecule has 4 heteroatoms. The van der Waals surface area contributed by atoms with Crippen molar-refractivity contribution < 1.29 is 9.66 Å². The quantitative estimate of drug-likeness (QED) is 0.347. The largest absolute Gasteiger partial charge is 0.495 e. The Morgan fingerprint density at radius 1 is 1.47 bits per heavy atom. The van der Waals surface area contributed by atoms with Gasteiger partial charge in [-0.3, -0.25) is 10.1 Å². The van der Waals surface area contributed by atoms with Crippen molar-refractivity contribution >= 4 is 5.69 Å². The minimum Gasteiger partial charge on any atom is -0.495 e. The number of non-ortho nitro benzene ring substituents is 1. The van der Waals surface area contributed by atoms with E-state index >= 15 is 0 Å². The van der Waals surface area contributed by atoms with Crippen LogP contribution in [-0.2, 0) is 0 Å². The van der Waals surface area contributed by atoms with E-state index in [9.17, 15) is 10.1 Å². The maximum atomic E-state index is 10.6. The molecule has 0 aliphatic rings. The van der Waals surface area contributed by atoms with E-state index in [1.807, 2.05) is 0 Å². The molecule has 0 saturated carbocycles. The lowest BCUT2D eigenvalue weighted by Gasteiger charge is -2.02. The number of methoxy groups -OCH3 is 1. The van der Waals surface area contributed by atoms with Gasteiger partial charge in [-0.2, -0.15) is 0 Å². The van der Waals surface area contributed by atoms with E-state index in [0.717, 1.165) is 19.3 Å². The standard InChI is InChI=1S/C13H15NO3/c1-3-4-5-6-7-11-10-12(14(15)16)8-9-13(11)17-2/h8-10H,3-5H2,1-2H3. The van der Waals surface area contributed by atoms with E-state index in [1.165, 1.54) is 19.2 Å². The molecule has 17 heavy (non-hydrogen) atoms. The molecule has 0 aliphatic heterocycles. The monoisotopic (exact) mass is 233 g/mol. The number of unbranched alkanes of at least 4 members (excludes halogenated alkanes) is 2. The minimum atomic E-state index is -0.434. The summed E-state index contributed by atoms with van der Waals surface area (Å²) in [5, 5.41) is 10.6. The highest BCUT2D eigenvalue weighted by Gasteiger charge is 2.09. The van der Waals surface area contributed by atoms with Crippen molar-refractivity contribution in [2.24, 2.45) is 0 Å². The predicted octanol–water partition coefficient (Wildman–Crippen LogP) is 3.15. The molecule has 1 aromatic carbocycles. The van der Waals surface area contributed by atoms with E-state index in [1.54, 1.807) is 6.07 Å². The Morgan fingerprint density at radius 2 is 2.24 bits per heavy atom. The maximum absolute atomic E-state index is 10.6. The van der Waals surface area contributed by atoms with Gasteiger partial charge in [-0.05, 0) is 12.5 Å². The molecule has 0 bridgehead atoms. The fourth-order valence-corrected chi connectivity index (χ4v) is 1.33. The topological polar surface area (TPSA) is 52.4 Å². The van der Waals surface area contributed by atoms with Crippen LogP contribution in [0.5, 0.6) is 5.75 Å². The normalized spacial score (nSPS) is 9.29. The average Bonchev–Trinajstić information content (AvgIpc) is 2.34. The number of hydrogen-bond acceptors (Lipinski definition) is 3. The van der Waals surface area contributed by atoms with Gasteiger partial charge in [-0.25, -0.2) is 0 Å². The van der Waals surface area contributed by atoms with E-state index in [2.05, 4.69) is 18.8 Å². The third kappa shape index (κ3) is 3.80. The van der Waals surface area contributed by atoms with Crippen LogP contribution in [0.4, 0.5) is 5.69 Å². The van der Waals surface area contributed by atoms with Crippen molar-refractivity contribution in [3.63, 3.8) is 0 Å². The third-order valence-electron chi connectivity index (χ3n) is 2.27. The zero-order valence-corrected chi connectivity index (χ0v) is 10.0. The molecular weight excluding hydrogens is 218 g/mol. The molecule has 0 saturated heterocycles. The van der Waals surface area contributed by atoms with Crippen LogP contribution in [0.15, 0.2) is 18.2 Å². The second kappa shape index (κ2) is 6.54. The van der Waals surface area contributed by atoms with Gasteiger partial charge in [0.05, 0.1) is 17.6 Å². The van der Waals surface area contributed by atoms with Crippen molar-refractivity contribution in [2.75, 3.05) is 7.11 Å². The van der Waals surface area contributed by atoms with Crippen molar-refractivity contribution in [1.82, 2.24) is 0 Å². The molecule has 0 radical (unpaired) electrons. The highest BCUT2D eigenvalue weighted by molar-refractivity contribution is 5.52. The first-order chi connectivity index (χ1) is 8.19. The summed E-state index contributed by atoms with van der Waals surface area (Å²) < 4.78 is 5.11. The van der Waals surface area contributed by atoms with Crippen LogP contribution in [0.25, 0.3) is 0 Å². The van der Waals surface area contributed by atoms with Gasteiger partial charge in [0.2, 0.25) is 0 Å². The summed E-state index contributed by atoms with van der Waals surface area (Å²) in [6, 6.07) is 4.43. The molecule has 0 fully saturated rings. The van der Waals surface area contributed by atoms with E-state index in [-0.39, 0.29) is 5.69 Å². The van der Waals surface area contributed by atoms with E-state index in [0.29, 0.717) is 11.3 Å². The fourth-order valence-electron chi connectivity index (χ4n) is 1.33. The molecule has 0 amide bonds. The molecule has 0 aromatic heterocycles. The molecule has 1 aromatic rings. The first kappa shape index (κ1) is 13.0. The highest BCUT2D eigenvalue weighted by Crippen LogP contribution is 2.22. The first-order valence-electron chi connectivity index (χ1n) is 5.50. The number of hydrogen-bond donors (Lipinski definition) is 0. The van der Waals surface area contributed by atoms with Crippen LogP contribution < -0.4 is 4.74 Å². The van der Waals surface area contributed by atoms with Gasteiger partial charge >= 0.3 is 0 Å². The summed E-state index contributed by atoms with van der Waals surface area (Å²) >= 11 is 0. The van der Waals surface area contributed by atoms with Crippen LogP contribution in [0.3, 0.4) is 0 Å². The fraction of sp³-hybridized carbons (Fsp3) is 0.385. The molecule has 0 aliphatic carbocycles. The van der Waals surface area contributed by atoms with Crippen molar-refractivity contribution in [3.05, 3.63) is 33.9 Å². The van der Waals surface area contributed by atoms with Crippen LogP contribution in [0.2, 0.25) is 0 Å². The second-order valence-corrected chi connectivity index (χ2v) is 3.55. The molecule has 0 atom stereocenters. The smallest absolute Gasteiger partial charge is 0.270 e. The van der Waals surface area contributed by atoms with Gasteiger partial charge in [0.1, 0.15) is 5.75 Å². The molecule has 1 rings (SSSR count). The lowest BCUT2D eigenvalue weighted by Crippen LogP contribution is -1.92. The summed E-state index contributed by atoms with van der Waals surface area (Å²) in [7, 11) is 1.53. The van der Waals surface area contributed by atoms with Crippen LogP contribution in [0.1, 0.15) is 31.7 Å². The van der Waals surface area contributed by atoms with E-state index < -0.39 is 4.92 Å². The Kier molecular flexibility index (Phi) is 5.02. The lowest BCUT2D eigenvalue weighted by atomic mass is 10.1. The van der Waals surface area contributed by atoms with Gasteiger partial charge in [0.25, 0.3) is 5.69 Å². The molecule has 0 N–H and O–H groups in total. The molecule has 0 spiro atoms. The van der Waals surface area contributed by atoms with Crippen molar-refractivity contribution in [1.29, 1.82) is 0 Å². The zero-order chi connectivity index (χ0) is 12.7. The van der Waals surface area contributed by atoms with Gasteiger partial charge in [-0.15, -0.1) is 0 Å². The van der Waals surface area contributed by atoms with Gasteiger partial charge in [0.15, 0.2) is 0 Å². The Labute approximate surface area is 101 Å². The molecule has 0 heterocycles. The van der Waals surface area contributed by atoms with Crippen molar-refractivity contribution in [3.8, 4) is 17.6 Å². The Morgan fingerprint density at radius 3 is 2.82 bits per heavy atom. The second-order valence-electron chi connectivity index (χ2n) is 3.55. The minimum absolute atomic E-state index is 0.0330. The number of benzene rings is 1. The lowest BCUT2D eigenvalue weighted by molar-refractivity contribution is -0.384. The maximum Gasteiger partial charge on any atom is 0.270 e. The molecule has 0 unspecified atom stereocenters. The highest BCUT2D eigenvalue weighted by atomic mass is 16.6. The summed E-state index contributed by atoms with van der Waals surface area (Å²) in [6.07, 6.45) is 2.91. The number of nitro groups is 1. The summed E-state index contributed by atoms with van der Waals surface area (Å²) in [5.74, 6) is 6.47. The van der Waals surface area contributed by atoms with Gasteiger partial charge in [-0.1, -0.05) is 25.2 Å². The van der Waals surface area contributed by atoms with Crippen LogP contribution in [0, 0.1) is 22.0 Å². The zero-order valence-electron chi connectivity index (χ0n) is 10.0. The number of rotatable bonds is 4. The molecule has 4 nitrogen and oxygen atoms in total. The van der Waals surface area contributed by atoms with Gasteiger partial charge in [0, 0.05) is 18.6 Å². The summed E-state index contributed by atoms with van der Waals surface area (Å²) in [4.78, 5) is 10.2. The molecular formula is C13H15NO3. The summed E-state index contributed by atoms with van der Waals surface area (Å²) in [6.45, 7) is 2.09. The van der Waals surface area contributed by atoms with Crippen LogP contribution >= 0.6 is 0 Å². The SMILES string of the molecule is CCCCC#Cc1cc([N+](=O)[O-])ccc1OC. The number of ether oxygens (including phenoxy) is 1. The average molecular weight is 233 g/mol. The third-order valence-corrected chi connectivity index (χ3v) is 2.27. The van der Waals surface area contributed by atoms with E-state index in [4.69, 9.17) is 4.74 Å². The molecule has 90 valence electrons. The Balaban J connectivity index is 2.96. The van der Waals surface area contributed by atoms with Gasteiger partial charge < -0.3 is 4.74 Å². The van der Waals surface area contributed by atoms with Crippen LogP contribution in [-0.4, -0.2) is 12.0 Å². The Hall–Kier alpha value is -2.02. The first-order valence-corrected chi connectivity index (χ1v) is 5.50. The van der Waals surface area contributed by atoms with Crippen molar-refractivity contribution in [2.45, 2.75) is 26.2 Å².